The van der Waals surface area contributed by atoms with Gasteiger partial charge in [-0.1, -0.05) is 0 Å². The van der Waals surface area contributed by atoms with E-state index in [1.165, 1.54) is 0 Å². The van der Waals surface area contributed by atoms with Gasteiger partial charge in [0.2, 0.25) is 0 Å². The highest BCUT2D eigenvalue weighted by Gasteiger charge is 2.52. The summed E-state index contributed by atoms with van der Waals surface area (Å²) in [6, 6.07) is 0. The Morgan fingerprint density at radius 1 is 1.06 bits per heavy atom. The lowest BCUT2D eigenvalue weighted by molar-refractivity contribution is -0.190. The van der Waals surface area contributed by atoms with Gasteiger partial charge in [-0.2, -0.15) is 0 Å². The Kier molecular flexibility index (Phi) is 3.25. The fraction of sp³-hybridized carbons (Fsp3) is 1.00. The summed E-state index contributed by atoms with van der Waals surface area (Å²) >= 11 is 0. The second kappa shape index (κ2) is 4.17. The van der Waals surface area contributed by atoms with Crippen LogP contribution in [-0.2, 0) is 14.2 Å². The summed E-state index contributed by atoms with van der Waals surface area (Å²) in [5.74, 6) is -0.741. The number of ether oxygens (including phenoxy) is 3. The Labute approximate surface area is 102 Å². The molecule has 2 saturated heterocycles. The summed E-state index contributed by atoms with van der Waals surface area (Å²) in [5, 5.41) is 19.6. The van der Waals surface area contributed by atoms with Gasteiger partial charge in [-0.15, -0.1) is 0 Å². The van der Waals surface area contributed by atoms with E-state index in [0.29, 0.717) is 6.42 Å². The van der Waals surface area contributed by atoms with Crippen molar-refractivity contribution < 1.29 is 24.4 Å². The van der Waals surface area contributed by atoms with E-state index in [0.717, 1.165) is 0 Å². The minimum absolute atomic E-state index is 0.142. The monoisotopic (exact) mass is 246 g/mol. The predicted molar refractivity (Wildman–Crippen MR) is 60.5 cm³/mol. The lowest BCUT2D eigenvalue weighted by Crippen LogP contribution is -2.42. The quantitative estimate of drug-likeness (QED) is 0.702. The van der Waals surface area contributed by atoms with Crippen LogP contribution in [0.2, 0.25) is 0 Å². The zero-order chi connectivity index (χ0) is 12.8. The van der Waals surface area contributed by atoms with E-state index in [4.69, 9.17) is 14.2 Å². The van der Waals surface area contributed by atoms with Crippen LogP contribution in [0, 0.1) is 0 Å². The maximum atomic E-state index is 10.2. The Bertz CT molecular complexity index is 289. The van der Waals surface area contributed by atoms with E-state index < -0.39 is 35.8 Å². The molecule has 5 nitrogen and oxygen atoms in total. The third kappa shape index (κ3) is 2.63. The highest BCUT2D eigenvalue weighted by Crippen LogP contribution is 2.38. The van der Waals surface area contributed by atoms with Crippen LogP contribution in [0.25, 0.3) is 0 Å². The van der Waals surface area contributed by atoms with E-state index in [1.54, 1.807) is 13.8 Å². The summed E-state index contributed by atoms with van der Waals surface area (Å²) in [7, 11) is 0. The van der Waals surface area contributed by atoms with Crippen molar-refractivity contribution in [3.8, 4) is 0 Å². The standard InChI is InChI=1S/C12H22O5/c1-11(2)5-7(14)9-10(8(6-13)15-11)17-12(3,4)16-9/h7-10,13-14H,5-6H2,1-4H3/t7-,8+,9-,10+/m0/s1. The Hall–Kier alpha value is -0.200. The van der Waals surface area contributed by atoms with Crippen LogP contribution in [0.15, 0.2) is 0 Å². The van der Waals surface area contributed by atoms with Crippen molar-refractivity contribution in [1.82, 2.24) is 0 Å². The van der Waals surface area contributed by atoms with Gasteiger partial charge in [0.25, 0.3) is 0 Å². The molecule has 2 aliphatic heterocycles. The minimum Gasteiger partial charge on any atom is -0.394 e. The fourth-order valence-corrected chi connectivity index (χ4v) is 2.69. The molecule has 0 aliphatic carbocycles. The molecule has 0 aromatic heterocycles. The van der Waals surface area contributed by atoms with Crippen LogP contribution in [-0.4, -0.2) is 52.6 Å². The van der Waals surface area contributed by atoms with Crippen LogP contribution < -0.4 is 0 Å². The van der Waals surface area contributed by atoms with Gasteiger partial charge in [-0.05, 0) is 27.7 Å². The molecule has 0 amide bonds. The Morgan fingerprint density at radius 3 is 2.24 bits per heavy atom. The summed E-state index contributed by atoms with van der Waals surface area (Å²) in [4.78, 5) is 0. The van der Waals surface area contributed by atoms with Crippen molar-refractivity contribution in [2.24, 2.45) is 0 Å². The Balaban J connectivity index is 2.24. The topological polar surface area (TPSA) is 68.2 Å². The van der Waals surface area contributed by atoms with Crippen LogP contribution in [0.3, 0.4) is 0 Å². The molecule has 4 atom stereocenters. The maximum absolute atomic E-state index is 10.2. The molecule has 0 bridgehead atoms. The predicted octanol–water partition coefficient (Wildman–Crippen LogP) is 0.427. The molecule has 2 N–H and O–H groups in total. The highest BCUT2D eigenvalue weighted by molar-refractivity contribution is 4.97. The van der Waals surface area contributed by atoms with Crippen molar-refractivity contribution in [2.45, 2.75) is 69.9 Å². The molecule has 2 rings (SSSR count). The molecule has 2 aliphatic rings. The van der Waals surface area contributed by atoms with Crippen LogP contribution in [0.4, 0.5) is 0 Å². The average Bonchev–Trinajstić information content (AvgIpc) is 2.46. The van der Waals surface area contributed by atoms with Crippen LogP contribution in [0.5, 0.6) is 0 Å². The van der Waals surface area contributed by atoms with Gasteiger partial charge in [-0.3, -0.25) is 0 Å². The average molecular weight is 246 g/mol. The van der Waals surface area contributed by atoms with E-state index in [1.807, 2.05) is 13.8 Å². The van der Waals surface area contributed by atoms with E-state index in [2.05, 4.69) is 0 Å². The van der Waals surface area contributed by atoms with Crippen LogP contribution >= 0.6 is 0 Å². The molecular formula is C12H22O5. The molecule has 2 fully saturated rings. The number of hydrogen-bond acceptors (Lipinski definition) is 5. The lowest BCUT2D eigenvalue weighted by atomic mass is 9.97. The molecule has 0 saturated carbocycles. The van der Waals surface area contributed by atoms with Gasteiger partial charge >= 0.3 is 0 Å². The number of fused-ring (bicyclic) bond motifs is 1. The van der Waals surface area contributed by atoms with Gasteiger partial charge in [0.1, 0.15) is 18.3 Å². The van der Waals surface area contributed by atoms with Gasteiger partial charge in [0, 0.05) is 6.42 Å². The largest absolute Gasteiger partial charge is 0.394 e. The summed E-state index contributed by atoms with van der Waals surface area (Å²) < 4.78 is 17.3. The molecular weight excluding hydrogens is 224 g/mol. The first kappa shape index (κ1) is 13.2. The third-order valence-corrected chi connectivity index (χ3v) is 3.26. The first-order valence-electron chi connectivity index (χ1n) is 6.06. The summed E-state index contributed by atoms with van der Waals surface area (Å²) in [6.07, 6.45) is -1.51. The number of aliphatic hydroxyl groups excluding tert-OH is 2. The van der Waals surface area contributed by atoms with Gasteiger partial charge in [-0.25, -0.2) is 0 Å². The normalized spacial score (nSPS) is 44.1. The second-order valence-corrected chi connectivity index (χ2v) is 5.93. The lowest BCUT2D eigenvalue weighted by Gasteiger charge is -2.30. The molecule has 5 heteroatoms. The van der Waals surface area contributed by atoms with Crippen molar-refractivity contribution in [2.75, 3.05) is 6.61 Å². The van der Waals surface area contributed by atoms with Crippen molar-refractivity contribution in [3.05, 3.63) is 0 Å². The molecule has 0 aromatic rings. The van der Waals surface area contributed by atoms with Gasteiger partial charge in [0.15, 0.2) is 5.79 Å². The third-order valence-electron chi connectivity index (χ3n) is 3.26. The molecule has 2 heterocycles. The summed E-state index contributed by atoms with van der Waals surface area (Å²) in [5.41, 5.74) is -0.492. The van der Waals surface area contributed by atoms with E-state index >= 15 is 0 Å². The maximum Gasteiger partial charge on any atom is 0.164 e. The number of rotatable bonds is 1. The highest BCUT2D eigenvalue weighted by atomic mass is 16.8. The number of hydrogen-bond donors (Lipinski definition) is 2. The first-order valence-corrected chi connectivity index (χ1v) is 6.06. The molecule has 0 spiro atoms. The van der Waals surface area contributed by atoms with Crippen molar-refractivity contribution in [3.63, 3.8) is 0 Å². The molecule has 0 aromatic carbocycles. The van der Waals surface area contributed by atoms with Crippen LogP contribution in [0.1, 0.15) is 34.1 Å². The van der Waals surface area contributed by atoms with Gasteiger partial charge < -0.3 is 24.4 Å². The smallest absolute Gasteiger partial charge is 0.164 e. The molecule has 17 heavy (non-hydrogen) atoms. The summed E-state index contributed by atoms with van der Waals surface area (Å²) in [6.45, 7) is 7.24. The van der Waals surface area contributed by atoms with Crippen molar-refractivity contribution >= 4 is 0 Å². The second-order valence-electron chi connectivity index (χ2n) is 5.93. The molecule has 0 unspecified atom stereocenters. The minimum atomic E-state index is -0.741. The Morgan fingerprint density at radius 2 is 1.65 bits per heavy atom. The first-order chi connectivity index (χ1) is 7.74. The fourth-order valence-electron chi connectivity index (χ4n) is 2.69. The zero-order valence-electron chi connectivity index (χ0n) is 10.8. The van der Waals surface area contributed by atoms with Crippen molar-refractivity contribution in [1.29, 1.82) is 0 Å². The zero-order valence-corrected chi connectivity index (χ0v) is 10.8. The van der Waals surface area contributed by atoms with E-state index in [-0.39, 0.29) is 6.61 Å². The molecule has 100 valence electrons. The van der Waals surface area contributed by atoms with Gasteiger partial charge in [0.05, 0.1) is 18.3 Å². The SMILES string of the molecule is CC1(C)C[C@H](O)[C@@H]2OC(C)(C)O[C@@H]2[C@@H](CO)O1. The van der Waals surface area contributed by atoms with E-state index in [9.17, 15) is 10.2 Å². The number of aliphatic hydroxyl groups is 2. The molecule has 0 radical (unpaired) electrons.